The standard InChI is InChI=1S/C16H10Cl2F3N3O5/c1-7(29-15(26)8-4-11(17)13(18)22-6-8)14(25)23-12-3-2-9(24(27)28)5-10(12)16(19,20)21/h2-7H,1H3,(H,23,25)/t7-/m0/s1. The zero-order valence-corrected chi connectivity index (χ0v) is 15.8. The maximum absolute atomic E-state index is 13.2. The van der Waals surface area contributed by atoms with E-state index in [0.717, 1.165) is 31.3 Å². The first-order chi connectivity index (χ1) is 13.4. The molecule has 0 saturated heterocycles. The predicted molar refractivity (Wildman–Crippen MR) is 95.9 cm³/mol. The van der Waals surface area contributed by atoms with Crippen molar-refractivity contribution in [2.24, 2.45) is 0 Å². The molecule has 13 heteroatoms. The van der Waals surface area contributed by atoms with Crippen LogP contribution in [-0.4, -0.2) is 27.9 Å². The Bertz CT molecular complexity index is 985. The van der Waals surface area contributed by atoms with Gasteiger partial charge in [-0.1, -0.05) is 23.2 Å². The summed E-state index contributed by atoms with van der Waals surface area (Å²) >= 11 is 11.3. The number of ether oxygens (including phenoxy) is 1. The van der Waals surface area contributed by atoms with Gasteiger partial charge in [-0.3, -0.25) is 14.9 Å². The van der Waals surface area contributed by atoms with Gasteiger partial charge in [-0.15, -0.1) is 0 Å². The van der Waals surface area contributed by atoms with Crippen molar-refractivity contribution in [1.29, 1.82) is 0 Å². The van der Waals surface area contributed by atoms with E-state index in [9.17, 15) is 32.9 Å². The zero-order chi connectivity index (χ0) is 21.9. The normalized spacial score (nSPS) is 12.2. The largest absolute Gasteiger partial charge is 0.449 e. The highest BCUT2D eigenvalue weighted by atomic mass is 35.5. The first-order valence-corrected chi connectivity index (χ1v) is 8.34. The van der Waals surface area contributed by atoms with E-state index in [2.05, 4.69) is 4.98 Å². The van der Waals surface area contributed by atoms with Crippen molar-refractivity contribution >= 4 is 46.5 Å². The summed E-state index contributed by atoms with van der Waals surface area (Å²) in [5, 5.41) is 12.5. The molecule has 0 bridgehead atoms. The molecule has 0 fully saturated rings. The van der Waals surface area contributed by atoms with Gasteiger partial charge < -0.3 is 10.1 Å². The van der Waals surface area contributed by atoms with Gasteiger partial charge in [0.25, 0.3) is 11.6 Å². The van der Waals surface area contributed by atoms with Crippen molar-refractivity contribution in [3.05, 3.63) is 61.9 Å². The number of esters is 1. The van der Waals surface area contributed by atoms with Gasteiger partial charge in [-0.05, 0) is 19.1 Å². The second-order valence-corrected chi connectivity index (χ2v) is 6.28. The van der Waals surface area contributed by atoms with Crippen molar-refractivity contribution < 1.29 is 32.4 Å². The van der Waals surface area contributed by atoms with E-state index in [1.54, 1.807) is 0 Å². The van der Waals surface area contributed by atoms with E-state index in [0.29, 0.717) is 0 Å². The van der Waals surface area contributed by atoms with Gasteiger partial charge in [-0.2, -0.15) is 13.2 Å². The van der Waals surface area contributed by atoms with Crippen LogP contribution in [0.25, 0.3) is 0 Å². The average Bonchev–Trinajstić information content (AvgIpc) is 2.62. The lowest BCUT2D eigenvalue weighted by Crippen LogP contribution is -2.30. The third-order valence-corrected chi connectivity index (χ3v) is 4.15. The lowest BCUT2D eigenvalue weighted by atomic mass is 10.1. The molecular weight excluding hydrogens is 442 g/mol. The Kier molecular flexibility index (Phi) is 6.65. The molecule has 1 aromatic carbocycles. The van der Waals surface area contributed by atoms with Crippen LogP contribution in [0.3, 0.4) is 0 Å². The van der Waals surface area contributed by atoms with E-state index < -0.39 is 46.0 Å². The molecule has 8 nitrogen and oxygen atoms in total. The number of anilines is 1. The Labute approximate surface area is 170 Å². The molecular formula is C16H10Cl2F3N3O5. The first kappa shape index (κ1) is 22.4. The molecule has 0 spiro atoms. The molecule has 2 aromatic rings. The number of hydrogen-bond donors (Lipinski definition) is 1. The minimum Gasteiger partial charge on any atom is -0.449 e. The van der Waals surface area contributed by atoms with Gasteiger partial charge in [0.1, 0.15) is 5.15 Å². The van der Waals surface area contributed by atoms with Gasteiger partial charge in [-0.25, -0.2) is 9.78 Å². The number of halogens is 5. The molecule has 1 aromatic heterocycles. The van der Waals surface area contributed by atoms with Crippen molar-refractivity contribution in [2.45, 2.75) is 19.2 Å². The summed E-state index contributed by atoms with van der Waals surface area (Å²) < 4.78 is 44.3. The van der Waals surface area contributed by atoms with Crippen LogP contribution < -0.4 is 5.32 Å². The van der Waals surface area contributed by atoms with Crippen LogP contribution in [0.2, 0.25) is 10.2 Å². The number of benzene rings is 1. The molecule has 0 unspecified atom stereocenters. The number of nitro benzene ring substituents is 1. The Morgan fingerprint density at radius 3 is 2.48 bits per heavy atom. The van der Waals surface area contributed by atoms with E-state index in [-0.39, 0.29) is 21.8 Å². The van der Waals surface area contributed by atoms with Crippen LogP contribution in [0, 0.1) is 10.1 Å². The van der Waals surface area contributed by atoms with Crippen LogP contribution in [0.1, 0.15) is 22.8 Å². The molecule has 29 heavy (non-hydrogen) atoms. The molecule has 1 amide bonds. The van der Waals surface area contributed by atoms with Crippen molar-refractivity contribution in [3.8, 4) is 0 Å². The second kappa shape index (κ2) is 8.62. The maximum atomic E-state index is 13.2. The topological polar surface area (TPSA) is 111 Å². The van der Waals surface area contributed by atoms with E-state index >= 15 is 0 Å². The number of nitrogens with one attached hydrogen (secondary N) is 1. The molecule has 1 atom stereocenters. The van der Waals surface area contributed by atoms with E-state index in [4.69, 9.17) is 27.9 Å². The van der Waals surface area contributed by atoms with Gasteiger partial charge in [0.15, 0.2) is 6.10 Å². The molecule has 0 aliphatic carbocycles. The fourth-order valence-corrected chi connectivity index (χ4v) is 2.31. The number of amides is 1. The van der Waals surface area contributed by atoms with Crippen molar-refractivity contribution in [2.75, 3.05) is 5.32 Å². The summed E-state index contributed by atoms with van der Waals surface area (Å²) in [4.78, 5) is 37.5. The van der Waals surface area contributed by atoms with Crippen molar-refractivity contribution in [3.63, 3.8) is 0 Å². The lowest BCUT2D eigenvalue weighted by molar-refractivity contribution is -0.385. The summed E-state index contributed by atoms with van der Waals surface area (Å²) in [6.07, 6.45) is -5.44. The molecule has 0 radical (unpaired) electrons. The van der Waals surface area contributed by atoms with Crippen LogP contribution in [0.4, 0.5) is 24.5 Å². The number of rotatable bonds is 5. The van der Waals surface area contributed by atoms with Gasteiger partial charge >= 0.3 is 12.1 Å². The molecule has 1 heterocycles. The molecule has 2 rings (SSSR count). The van der Waals surface area contributed by atoms with Crippen molar-refractivity contribution in [1.82, 2.24) is 4.98 Å². The number of aromatic nitrogens is 1. The molecule has 0 aliphatic heterocycles. The summed E-state index contributed by atoms with van der Waals surface area (Å²) in [6.45, 7) is 1.12. The van der Waals surface area contributed by atoms with Crippen LogP contribution in [0.5, 0.6) is 0 Å². The van der Waals surface area contributed by atoms with Gasteiger partial charge in [0, 0.05) is 18.3 Å². The number of carbonyl (C=O) groups is 2. The van der Waals surface area contributed by atoms with Crippen LogP contribution in [0.15, 0.2) is 30.5 Å². The lowest BCUT2D eigenvalue weighted by Gasteiger charge is -2.17. The van der Waals surface area contributed by atoms with Gasteiger partial charge in [0.2, 0.25) is 0 Å². The first-order valence-electron chi connectivity index (χ1n) is 7.58. The highest BCUT2D eigenvalue weighted by Crippen LogP contribution is 2.37. The van der Waals surface area contributed by atoms with E-state index in [1.807, 2.05) is 5.32 Å². The zero-order valence-electron chi connectivity index (χ0n) is 14.3. The SMILES string of the molecule is C[C@H](OC(=O)c1cnc(Cl)c(Cl)c1)C(=O)Nc1ccc([N+](=O)[O-])cc1C(F)(F)F. The summed E-state index contributed by atoms with van der Waals surface area (Å²) in [5.74, 6) is -2.11. The average molecular weight is 452 g/mol. The molecule has 0 saturated carbocycles. The number of nitro groups is 1. The smallest absolute Gasteiger partial charge is 0.418 e. The quantitative estimate of drug-likeness (QED) is 0.310. The Morgan fingerprint density at radius 2 is 1.93 bits per heavy atom. The van der Waals surface area contributed by atoms with Gasteiger partial charge in [0.05, 0.1) is 26.8 Å². The number of alkyl halides is 3. The summed E-state index contributed by atoms with van der Waals surface area (Å²) in [5.41, 5.74) is -3.09. The van der Waals surface area contributed by atoms with Crippen LogP contribution >= 0.6 is 23.2 Å². The second-order valence-electron chi connectivity index (χ2n) is 5.52. The fraction of sp³-hybridized carbons (Fsp3) is 0.188. The minimum absolute atomic E-state index is 0.0427. The molecule has 1 N–H and O–H groups in total. The van der Waals surface area contributed by atoms with Crippen LogP contribution in [-0.2, 0) is 15.7 Å². The number of pyridine rings is 1. The van der Waals surface area contributed by atoms with E-state index in [1.165, 1.54) is 0 Å². The third-order valence-electron chi connectivity index (χ3n) is 3.46. The number of hydrogen-bond acceptors (Lipinski definition) is 6. The Balaban J connectivity index is 2.17. The Hall–Kier alpha value is -2.92. The predicted octanol–water partition coefficient (Wildman–Crippen LogP) is 4.50. The molecule has 154 valence electrons. The summed E-state index contributed by atoms with van der Waals surface area (Å²) in [7, 11) is 0. The third kappa shape index (κ3) is 5.55. The maximum Gasteiger partial charge on any atom is 0.418 e. The monoisotopic (exact) mass is 451 g/mol. The summed E-state index contributed by atoms with van der Waals surface area (Å²) in [6, 6.07) is 2.95. The number of non-ortho nitro benzene ring substituents is 1. The number of nitrogens with zero attached hydrogens (tertiary/aromatic N) is 2. The highest BCUT2D eigenvalue weighted by Gasteiger charge is 2.36. The Morgan fingerprint density at radius 1 is 1.28 bits per heavy atom. The fourth-order valence-electron chi connectivity index (χ4n) is 2.04. The minimum atomic E-state index is -4.97. The molecule has 0 aliphatic rings. The number of carbonyl (C=O) groups excluding carboxylic acids is 2. The highest BCUT2D eigenvalue weighted by molar-refractivity contribution is 6.41.